The molecule has 0 aliphatic heterocycles. The van der Waals surface area contributed by atoms with E-state index in [1.54, 1.807) is 0 Å². The Morgan fingerprint density at radius 2 is 1.76 bits per heavy atom. The minimum absolute atomic E-state index is 0.0374. The van der Waals surface area contributed by atoms with E-state index in [2.05, 4.69) is 48.1 Å². The zero-order valence-corrected chi connectivity index (χ0v) is 18.5. The minimum Gasteiger partial charge on any atom is -0.325 e. The number of hydrogen-bond acceptors (Lipinski definition) is 4. The second-order valence-electron chi connectivity index (χ2n) is 7.18. The van der Waals surface area contributed by atoms with Crippen molar-refractivity contribution in [3.63, 3.8) is 0 Å². The van der Waals surface area contributed by atoms with Crippen LogP contribution in [0, 0.1) is 0 Å². The molecule has 29 heavy (non-hydrogen) atoms. The predicted octanol–water partition coefficient (Wildman–Crippen LogP) is 5.94. The number of para-hydroxylation sites is 1. The quantitative estimate of drug-likeness (QED) is 0.452. The first kappa shape index (κ1) is 20.2. The largest absolute Gasteiger partial charge is 0.325 e. The van der Waals surface area contributed by atoms with Gasteiger partial charge in [-0.15, -0.1) is 10.2 Å². The summed E-state index contributed by atoms with van der Waals surface area (Å²) in [7, 11) is 0. The maximum absolute atomic E-state index is 12.4. The van der Waals surface area contributed by atoms with Gasteiger partial charge in [-0.25, -0.2) is 0 Å². The van der Waals surface area contributed by atoms with Crippen LogP contribution in [0.15, 0.2) is 64.2 Å². The van der Waals surface area contributed by atoms with Crippen LogP contribution in [0.1, 0.15) is 38.1 Å². The van der Waals surface area contributed by atoms with Gasteiger partial charge in [0.1, 0.15) is 0 Å². The molecule has 0 atom stereocenters. The summed E-state index contributed by atoms with van der Waals surface area (Å²) >= 11 is 4.95. The predicted molar refractivity (Wildman–Crippen MR) is 121 cm³/mol. The molecule has 5 nitrogen and oxygen atoms in total. The number of carbonyl (C=O) groups excluding carboxylic acids is 1. The Kier molecular flexibility index (Phi) is 6.67. The van der Waals surface area contributed by atoms with Crippen molar-refractivity contribution in [3.8, 4) is 11.4 Å². The lowest BCUT2D eigenvalue weighted by Crippen LogP contribution is -2.17. The average molecular weight is 471 g/mol. The van der Waals surface area contributed by atoms with Gasteiger partial charge in [0.05, 0.1) is 5.75 Å². The number of nitrogens with one attached hydrogen (secondary N) is 1. The molecule has 0 spiro atoms. The molecule has 0 saturated heterocycles. The second-order valence-corrected chi connectivity index (χ2v) is 9.04. The number of nitrogens with zero attached hydrogens (tertiary/aromatic N) is 3. The molecule has 1 saturated carbocycles. The molecule has 1 aromatic heterocycles. The maximum atomic E-state index is 12.4. The highest BCUT2D eigenvalue weighted by Gasteiger charge is 2.24. The van der Waals surface area contributed by atoms with Crippen LogP contribution in [-0.4, -0.2) is 26.4 Å². The van der Waals surface area contributed by atoms with Gasteiger partial charge in [-0.1, -0.05) is 77.3 Å². The molecule has 1 aliphatic rings. The topological polar surface area (TPSA) is 59.8 Å². The standard InChI is InChI=1S/C22H23BrN4OS/c23-17-13-11-16(12-14-17)21-25-26-22(27(21)19-9-5-2-6-10-19)29-15-20(28)24-18-7-3-1-4-8-18/h1,3-4,7-8,11-14,19H,2,5-6,9-10,15H2,(H,24,28). The highest BCUT2D eigenvalue weighted by atomic mass is 79.9. The second kappa shape index (κ2) is 9.59. The molecule has 1 fully saturated rings. The number of hydrogen-bond donors (Lipinski definition) is 1. The summed E-state index contributed by atoms with van der Waals surface area (Å²) in [4.78, 5) is 12.4. The molecule has 0 bridgehead atoms. The van der Waals surface area contributed by atoms with Gasteiger partial charge in [0, 0.05) is 21.8 Å². The van der Waals surface area contributed by atoms with Gasteiger partial charge >= 0.3 is 0 Å². The third kappa shape index (κ3) is 5.08. The zero-order chi connectivity index (χ0) is 20.1. The summed E-state index contributed by atoms with van der Waals surface area (Å²) in [6, 6.07) is 18.1. The summed E-state index contributed by atoms with van der Waals surface area (Å²) in [6.45, 7) is 0. The first-order valence-electron chi connectivity index (χ1n) is 9.89. The van der Waals surface area contributed by atoms with Gasteiger partial charge in [-0.05, 0) is 37.1 Å². The van der Waals surface area contributed by atoms with E-state index in [9.17, 15) is 4.79 Å². The van der Waals surface area contributed by atoms with Crippen molar-refractivity contribution in [1.82, 2.24) is 14.8 Å². The van der Waals surface area contributed by atoms with Crippen molar-refractivity contribution >= 4 is 39.3 Å². The zero-order valence-electron chi connectivity index (χ0n) is 16.1. The Hall–Kier alpha value is -2.12. The van der Waals surface area contributed by atoms with E-state index in [4.69, 9.17) is 0 Å². The molecule has 150 valence electrons. The molecular formula is C22H23BrN4OS. The molecule has 1 heterocycles. The third-order valence-electron chi connectivity index (χ3n) is 5.10. The number of anilines is 1. The molecule has 1 aliphatic carbocycles. The average Bonchev–Trinajstić information content (AvgIpc) is 3.18. The number of rotatable bonds is 6. The highest BCUT2D eigenvalue weighted by Crippen LogP contribution is 2.35. The van der Waals surface area contributed by atoms with Crippen LogP contribution in [-0.2, 0) is 4.79 Å². The van der Waals surface area contributed by atoms with Crippen LogP contribution in [0.4, 0.5) is 5.69 Å². The monoisotopic (exact) mass is 470 g/mol. The van der Waals surface area contributed by atoms with E-state index in [-0.39, 0.29) is 5.91 Å². The Labute approximate surface area is 183 Å². The van der Waals surface area contributed by atoms with Gasteiger partial charge in [-0.2, -0.15) is 0 Å². The molecule has 0 unspecified atom stereocenters. The Balaban J connectivity index is 1.54. The first-order valence-corrected chi connectivity index (χ1v) is 11.7. The van der Waals surface area contributed by atoms with Crippen LogP contribution in [0.3, 0.4) is 0 Å². The lowest BCUT2D eigenvalue weighted by molar-refractivity contribution is -0.113. The smallest absolute Gasteiger partial charge is 0.234 e. The molecule has 3 aromatic rings. The number of halogens is 1. The first-order chi connectivity index (χ1) is 14.2. The number of aromatic nitrogens is 3. The van der Waals surface area contributed by atoms with Crippen LogP contribution >= 0.6 is 27.7 Å². The van der Waals surface area contributed by atoms with Crippen molar-refractivity contribution in [1.29, 1.82) is 0 Å². The van der Waals surface area contributed by atoms with Crippen molar-refractivity contribution < 1.29 is 4.79 Å². The third-order valence-corrected chi connectivity index (χ3v) is 6.57. The van der Waals surface area contributed by atoms with E-state index < -0.39 is 0 Å². The van der Waals surface area contributed by atoms with E-state index in [1.807, 2.05) is 42.5 Å². The lowest BCUT2D eigenvalue weighted by Gasteiger charge is -2.25. The molecule has 0 radical (unpaired) electrons. The number of amides is 1. The van der Waals surface area contributed by atoms with Gasteiger partial charge in [0.2, 0.25) is 5.91 Å². The van der Waals surface area contributed by atoms with Gasteiger partial charge in [0.15, 0.2) is 11.0 Å². The van der Waals surface area contributed by atoms with Crippen LogP contribution < -0.4 is 5.32 Å². The number of thioether (sulfide) groups is 1. The van der Waals surface area contributed by atoms with E-state index in [1.165, 1.54) is 31.0 Å². The normalized spacial score (nSPS) is 14.7. The fraction of sp³-hybridized carbons (Fsp3) is 0.318. The van der Waals surface area contributed by atoms with E-state index in [0.717, 1.165) is 39.5 Å². The van der Waals surface area contributed by atoms with Crippen LogP contribution in [0.25, 0.3) is 11.4 Å². The van der Waals surface area contributed by atoms with Crippen LogP contribution in [0.2, 0.25) is 0 Å². The summed E-state index contributed by atoms with van der Waals surface area (Å²) in [6.07, 6.45) is 5.99. The Bertz CT molecular complexity index is 953. The van der Waals surface area contributed by atoms with E-state index >= 15 is 0 Å². The number of benzene rings is 2. The lowest BCUT2D eigenvalue weighted by atomic mass is 9.95. The van der Waals surface area contributed by atoms with Crippen molar-refractivity contribution in [2.24, 2.45) is 0 Å². The van der Waals surface area contributed by atoms with Gasteiger partial charge < -0.3 is 5.32 Å². The minimum atomic E-state index is -0.0374. The summed E-state index contributed by atoms with van der Waals surface area (Å²) in [5.41, 5.74) is 1.86. The Morgan fingerprint density at radius 3 is 2.48 bits per heavy atom. The summed E-state index contributed by atoms with van der Waals surface area (Å²) in [5.74, 6) is 1.15. The SMILES string of the molecule is O=C(CSc1nnc(-c2ccc(Br)cc2)n1C1CCCCC1)Nc1ccccc1. The van der Waals surface area contributed by atoms with Crippen LogP contribution in [0.5, 0.6) is 0 Å². The molecule has 4 rings (SSSR count). The fourth-order valence-corrected chi connectivity index (χ4v) is 4.76. The fourth-order valence-electron chi connectivity index (χ4n) is 3.69. The van der Waals surface area contributed by atoms with Gasteiger partial charge in [0.25, 0.3) is 0 Å². The summed E-state index contributed by atoms with van der Waals surface area (Å²) < 4.78 is 3.29. The summed E-state index contributed by atoms with van der Waals surface area (Å²) in [5, 5.41) is 12.7. The van der Waals surface area contributed by atoms with Gasteiger partial charge in [-0.3, -0.25) is 9.36 Å². The molecule has 7 heteroatoms. The maximum Gasteiger partial charge on any atom is 0.234 e. The molecular weight excluding hydrogens is 448 g/mol. The molecule has 2 aromatic carbocycles. The highest BCUT2D eigenvalue weighted by molar-refractivity contribution is 9.10. The molecule has 1 N–H and O–H groups in total. The Morgan fingerprint density at radius 1 is 1.03 bits per heavy atom. The number of carbonyl (C=O) groups is 1. The van der Waals surface area contributed by atoms with E-state index in [0.29, 0.717) is 11.8 Å². The van der Waals surface area contributed by atoms with Crippen molar-refractivity contribution in [2.45, 2.75) is 43.3 Å². The van der Waals surface area contributed by atoms with Crippen molar-refractivity contribution in [2.75, 3.05) is 11.1 Å². The van der Waals surface area contributed by atoms with Crippen molar-refractivity contribution in [3.05, 3.63) is 59.1 Å². The molecule has 1 amide bonds.